The van der Waals surface area contributed by atoms with E-state index in [9.17, 15) is 0 Å². The summed E-state index contributed by atoms with van der Waals surface area (Å²) in [5.74, 6) is 0.977. The summed E-state index contributed by atoms with van der Waals surface area (Å²) in [4.78, 5) is 7.23. The molecule has 1 aliphatic heterocycles. The molecule has 0 bridgehead atoms. The summed E-state index contributed by atoms with van der Waals surface area (Å²) in [7, 11) is 0. The number of rotatable bonds is 3. The van der Waals surface area contributed by atoms with E-state index in [2.05, 4.69) is 46.0 Å². The first-order valence-corrected chi connectivity index (χ1v) is 8.58. The van der Waals surface area contributed by atoms with Crippen LogP contribution in [-0.4, -0.2) is 27.3 Å². The van der Waals surface area contributed by atoms with Crippen molar-refractivity contribution in [2.24, 2.45) is 0 Å². The first-order chi connectivity index (χ1) is 8.52. The van der Waals surface area contributed by atoms with Crippen LogP contribution >= 0.6 is 27.5 Å². The first kappa shape index (κ1) is 14.3. The number of nitrogens with zero attached hydrogens (tertiary/aromatic N) is 3. The minimum absolute atomic E-state index is 0.0510. The summed E-state index contributed by atoms with van der Waals surface area (Å²) >= 11 is 5.12. The summed E-state index contributed by atoms with van der Waals surface area (Å²) < 4.78 is 4.53. The van der Waals surface area contributed by atoms with Crippen LogP contribution in [0.15, 0.2) is 0 Å². The van der Waals surface area contributed by atoms with Gasteiger partial charge in [-0.25, -0.2) is 4.98 Å². The molecule has 0 amide bonds. The molecule has 2 heterocycles. The van der Waals surface area contributed by atoms with Gasteiger partial charge in [-0.05, 0) is 25.7 Å². The summed E-state index contributed by atoms with van der Waals surface area (Å²) in [5, 5.41) is 2.18. The van der Waals surface area contributed by atoms with Crippen LogP contribution in [0.25, 0.3) is 0 Å². The smallest absolute Gasteiger partial charge is 0.205 e. The second-order valence-corrected chi connectivity index (χ2v) is 7.49. The van der Waals surface area contributed by atoms with E-state index < -0.39 is 0 Å². The Labute approximate surface area is 122 Å². The van der Waals surface area contributed by atoms with Crippen molar-refractivity contribution in [3.05, 3.63) is 5.82 Å². The maximum atomic E-state index is 4.76. The molecule has 5 heteroatoms. The number of halogens is 1. The SMILES string of the molecule is CC(C)(C)c1nsc(N2CCCCC2CCBr)n1. The molecular formula is C13H22BrN3S. The average molecular weight is 332 g/mol. The second kappa shape index (κ2) is 5.87. The standard InChI is InChI=1S/C13H22BrN3S/c1-13(2,3)11-15-12(18-16-11)17-9-5-4-6-10(17)7-8-14/h10H,4-9H2,1-3H3. The van der Waals surface area contributed by atoms with Crippen LogP contribution in [0.5, 0.6) is 0 Å². The molecule has 2 rings (SSSR count). The molecule has 1 saturated heterocycles. The lowest BCUT2D eigenvalue weighted by Gasteiger charge is -2.35. The van der Waals surface area contributed by atoms with E-state index in [0.717, 1.165) is 22.8 Å². The van der Waals surface area contributed by atoms with Gasteiger partial charge in [-0.15, -0.1) is 0 Å². The van der Waals surface area contributed by atoms with Crippen molar-refractivity contribution in [2.75, 3.05) is 16.8 Å². The fourth-order valence-corrected chi connectivity index (χ4v) is 3.80. The molecule has 1 fully saturated rings. The van der Waals surface area contributed by atoms with Gasteiger partial charge in [-0.2, -0.15) is 4.37 Å². The van der Waals surface area contributed by atoms with E-state index in [-0.39, 0.29) is 5.41 Å². The van der Waals surface area contributed by atoms with Crippen LogP contribution in [0.2, 0.25) is 0 Å². The molecule has 0 radical (unpaired) electrons. The molecule has 0 saturated carbocycles. The number of alkyl halides is 1. The van der Waals surface area contributed by atoms with Crippen LogP contribution in [0.3, 0.4) is 0 Å². The van der Waals surface area contributed by atoms with Gasteiger partial charge in [-0.3, -0.25) is 0 Å². The Bertz CT molecular complexity index is 384. The van der Waals surface area contributed by atoms with Crippen molar-refractivity contribution in [1.29, 1.82) is 0 Å². The van der Waals surface area contributed by atoms with Gasteiger partial charge < -0.3 is 4.90 Å². The van der Waals surface area contributed by atoms with E-state index in [1.54, 1.807) is 11.5 Å². The largest absolute Gasteiger partial charge is 0.344 e. The highest BCUT2D eigenvalue weighted by molar-refractivity contribution is 9.09. The van der Waals surface area contributed by atoms with Crippen molar-refractivity contribution in [1.82, 2.24) is 9.36 Å². The van der Waals surface area contributed by atoms with E-state index in [0.29, 0.717) is 6.04 Å². The van der Waals surface area contributed by atoms with Crippen LogP contribution in [-0.2, 0) is 5.41 Å². The van der Waals surface area contributed by atoms with Crippen molar-refractivity contribution >= 4 is 32.6 Å². The highest BCUT2D eigenvalue weighted by Crippen LogP contribution is 2.30. The number of hydrogen-bond acceptors (Lipinski definition) is 4. The first-order valence-electron chi connectivity index (χ1n) is 6.69. The molecule has 1 aromatic heterocycles. The van der Waals surface area contributed by atoms with E-state index >= 15 is 0 Å². The number of aromatic nitrogens is 2. The van der Waals surface area contributed by atoms with Gasteiger partial charge in [0.25, 0.3) is 0 Å². The predicted molar refractivity (Wildman–Crippen MR) is 82.0 cm³/mol. The summed E-state index contributed by atoms with van der Waals surface area (Å²) in [6, 6.07) is 0.638. The van der Waals surface area contributed by atoms with Gasteiger partial charge in [-0.1, -0.05) is 36.7 Å². The average Bonchev–Trinajstić information content (AvgIpc) is 2.79. The Balaban J connectivity index is 2.15. The third kappa shape index (κ3) is 3.23. The van der Waals surface area contributed by atoms with Crippen molar-refractivity contribution in [3.63, 3.8) is 0 Å². The summed E-state index contributed by atoms with van der Waals surface area (Å²) in [6.45, 7) is 7.65. The molecule has 18 heavy (non-hydrogen) atoms. The van der Waals surface area contributed by atoms with E-state index in [1.165, 1.54) is 25.7 Å². The number of anilines is 1. The van der Waals surface area contributed by atoms with Crippen molar-refractivity contribution in [3.8, 4) is 0 Å². The monoisotopic (exact) mass is 331 g/mol. The van der Waals surface area contributed by atoms with Crippen molar-refractivity contribution in [2.45, 2.75) is 57.9 Å². The van der Waals surface area contributed by atoms with Crippen molar-refractivity contribution < 1.29 is 0 Å². The third-order valence-electron chi connectivity index (χ3n) is 3.40. The lowest BCUT2D eigenvalue weighted by atomic mass is 9.96. The van der Waals surface area contributed by atoms with Gasteiger partial charge >= 0.3 is 0 Å². The van der Waals surface area contributed by atoms with Crippen LogP contribution in [0, 0.1) is 0 Å². The van der Waals surface area contributed by atoms with Crippen LogP contribution < -0.4 is 4.90 Å². The highest BCUT2D eigenvalue weighted by atomic mass is 79.9. The van der Waals surface area contributed by atoms with E-state index in [4.69, 9.17) is 4.98 Å². The molecule has 1 aliphatic rings. The maximum absolute atomic E-state index is 4.76. The Hall–Kier alpha value is -0.160. The fourth-order valence-electron chi connectivity index (χ4n) is 2.32. The zero-order valence-electron chi connectivity index (χ0n) is 11.4. The highest BCUT2D eigenvalue weighted by Gasteiger charge is 2.27. The van der Waals surface area contributed by atoms with Gasteiger partial charge in [0, 0.05) is 34.9 Å². The Morgan fingerprint density at radius 3 is 2.78 bits per heavy atom. The minimum Gasteiger partial charge on any atom is -0.344 e. The van der Waals surface area contributed by atoms with Gasteiger partial charge in [0.2, 0.25) is 5.13 Å². The second-order valence-electron chi connectivity index (χ2n) is 5.97. The summed E-state index contributed by atoms with van der Waals surface area (Å²) in [6.07, 6.45) is 5.11. The minimum atomic E-state index is 0.0510. The quantitative estimate of drug-likeness (QED) is 0.784. The molecule has 0 spiro atoms. The van der Waals surface area contributed by atoms with Crippen LogP contribution in [0.4, 0.5) is 5.13 Å². The topological polar surface area (TPSA) is 29.0 Å². The number of piperidine rings is 1. The lowest BCUT2D eigenvalue weighted by Crippen LogP contribution is -2.39. The third-order valence-corrected chi connectivity index (χ3v) is 4.61. The zero-order valence-corrected chi connectivity index (χ0v) is 13.9. The van der Waals surface area contributed by atoms with Gasteiger partial charge in [0.15, 0.2) is 0 Å². The normalized spacial score (nSPS) is 21.3. The maximum Gasteiger partial charge on any atom is 0.205 e. The lowest BCUT2D eigenvalue weighted by molar-refractivity contribution is 0.451. The van der Waals surface area contributed by atoms with E-state index in [1.807, 2.05) is 0 Å². The molecule has 1 aromatic rings. The number of hydrogen-bond donors (Lipinski definition) is 0. The molecule has 3 nitrogen and oxygen atoms in total. The molecule has 1 unspecified atom stereocenters. The zero-order chi connectivity index (χ0) is 13.2. The molecule has 0 aliphatic carbocycles. The Morgan fingerprint density at radius 2 is 2.17 bits per heavy atom. The Morgan fingerprint density at radius 1 is 1.39 bits per heavy atom. The molecule has 102 valence electrons. The van der Waals surface area contributed by atoms with Crippen LogP contribution in [0.1, 0.15) is 52.3 Å². The van der Waals surface area contributed by atoms with Gasteiger partial charge in [0.1, 0.15) is 5.82 Å². The molecular weight excluding hydrogens is 310 g/mol. The predicted octanol–water partition coefficient (Wildman–Crippen LogP) is 3.98. The van der Waals surface area contributed by atoms with Gasteiger partial charge in [0.05, 0.1) is 0 Å². The molecule has 0 N–H and O–H groups in total. The molecule has 1 atom stereocenters. The fraction of sp³-hybridized carbons (Fsp3) is 0.846. The Kier molecular flexibility index (Phi) is 4.64. The summed E-state index contributed by atoms with van der Waals surface area (Å²) in [5.41, 5.74) is 0.0510. The molecule has 0 aromatic carbocycles.